The molecule has 7 heteroatoms. The molecule has 0 aliphatic heterocycles. The highest BCUT2D eigenvalue weighted by Crippen LogP contribution is 2.37. The third-order valence-corrected chi connectivity index (χ3v) is 6.18. The van der Waals surface area contributed by atoms with Gasteiger partial charge < -0.3 is 4.18 Å². The van der Waals surface area contributed by atoms with Gasteiger partial charge in [-0.25, -0.2) is 0 Å². The van der Waals surface area contributed by atoms with Gasteiger partial charge in [0.25, 0.3) is 0 Å². The smallest absolute Gasteiger partial charge is 0.339 e. The lowest BCUT2D eigenvalue weighted by atomic mass is 10.0. The molecule has 140 valence electrons. The van der Waals surface area contributed by atoms with E-state index >= 15 is 0 Å². The summed E-state index contributed by atoms with van der Waals surface area (Å²) in [4.78, 5) is 0.0635. The van der Waals surface area contributed by atoms with Crippen LogP contribution in [0.25, 0.3) is 11.6 Å². The highest BCUT2D eigenvalue weighted by molar-refractivity contribution is 9.11. The van der Waals surface area contributed by atoms with Crippen molar-refractivity contribution in [1.82, 2.24) is 0 Å². The molecule has 0 heterocycles. The standard InChI is InChI=1S/C21H13Br2NO3S/c22-19-12-15(11-17(14-24)16-7-3-1-4-8-16)13-20(23)21(19)27-28(25,26)18-9-5-2-6-10-18/h1-13H/b17-11+. The van der Waals surface area contributed by atoms with Crippen LogP contribution in [0, 0.1) is 11.3 Å². The van der Waals surface area contributed by atoms with Gasteiger partial charge in [0, 0.05) is 0 Å². The first-order valence-electron chi connectivity index (χ1n) is 8.06. The highest BCUT2D eigenvalue weighted by atomic mass is 79.9. The van der Waals surface area contributed by atoms with Crippen LogP contribution in [-0.4, -0.2) is 8.42 Å². The van der Waals surface area contributed by atoms with E-state index in [4.69, 9.17) is 4.18 Å². The molecule has 0 fully saturated rings. The van der Waals surface area contributed by atoms with Crippen LogP contribution in [0.2, 0.25) is 0 Å². The Morgan fingerprint density at radius 3 is 2.00 bits per heavy atom. The van der Waals surface area contributed by atoms with Gasteiger partial charge in [-0.1, -0.05) is 48.5 Å². The first kappa shape index (κ1) is 20.3. The van der Waals surface area contributed by atoms with Gasteiger partial charge in [0.15, 0.2) is 5.75 Å². The molecule has 0 radical (unpaired) electrons. The van der Waals surface area contributed by atoms with Crippen LogP contribution in [0.4, 0.5) is 0 Å². The van der Waals surface area contributed by atoms with Crippen LogP contribution >= 0.6 is 31.9 Å². The number of nitriles is 1. The fourth-order valence-corrected chi connectivity index (χ4v) is 5.04. The lowest BCUT2D eigenvalue weighted by Crippen LogP contribution is -2.10. The Bertz CT molecular complexity index is 1150. The largest absolute Gasteiger partial charge is 0.377 e. The average molecular weight is 519 g/mol. The molecule has 28 heavy (non-hydrogen) atoms. The molecule has 0 bridgehead atoms. The Hall–Kier alpha value is -2.40. The molecular weight excluding hydrogens is 506 g/mol. The molecule has 0 aliphatic rings. The van der Waals surface area contributed by atoms with E-state index in [-0.39, 0.29) is 10.6 Å². The van der Waals surface area contributed by atoms with Crippen molar-refractivity contribution in [3.8, 4) is 11.8 Å². The van der Waals surface area contributed by atoms with Crippen molar-refractivity contribution in [2.75, 3.05) is 0 Å². The third kappa shape index (κ3) is 4.71. The SMILES string of the molecule is N#C/C(=C\c1cc(Br)c(OS(=O)(=O)c2ccccc2)c(Br)c1)c1ccccc1. The zero-order chi connectivity index (χ0) is 20.1. The Balaban J connectivity index is 1.96. The van der Waals surface area contributed by atoms with Crippen molar-refractivity contribution in [3.05, 3.63) is 92.9 Å². The maximum absolute atomic E-state index is 12.5. The molecule has 4 nitrogen and oxygen atoms in total. The summed E-state index contributed by atoms with van der Waals surface area (Å²) in [6.45, 7) is 0. The van der Waals surface area contributed by atoms with Crippen molar-refractivity contribution >= 4 is 53.6 Å². The number of allylic oxidation sites excluding steroid dienone is 1. The van der Waals surface area contributed by atoms with Gasteiger partial charge in [0.2, 0.25) is 0 Å². The molecule has 3 aromatic carbocycles. The lowest BCUT2D eigenvalue weighted by Gasteiger charge is -2.11. The van der Waals surface area contributed by atoms with Crippen molar-refractivity contribution in [2.45, 2.75) is 4.90 Å². The summed E-state index contributed by atoms with van der Waals surface area (Å²) in [6.07, 6.45) is 1.72. The quantitative estimate of drug-likeness (QED) is 0.234. The van der Waals surface area contributed by atoms with Gasteiger partial charge in [-0.3, -0.25) is 0 Å². The second-order valence-electron chi connectivity index (χ2n) is 5.70. The maximum atomic E-state index is 12.5. The van der Waals surface area contributed by atoms with Crippen molar-refractivity contribution in [3.63, 3.8) is 0 Å². The summed E-state index contributed by atoms with van der Waals surface area (Å²) in [5, 5.41) is 9.47. The third-order valence-electron chi connectivity index (χ3n) is 3.76. The second kappa shape index (κ2) is 8.74. The topological polar surface area (TPSA) is 67.2 Å². The molecule has 0 saturated carbocycles. The molecule has 0 unspecified atom stereocenters. The molecule has 0 spiro atoms. The monoisotopic (exact) mass is 517 g/mol. The van der Waals surface area contributed by atoms with E-state index in [0.717, 1.165) is 5.56 Å². The van der Waals surface area contributed by atoms with E-state index in [1.165, 1.54) is 12.1 Å². The molecule has 0 saturated heterocycles. The molecule has 0 N–H and O–H groups in total. The fraction of sp³-hybridized carbons (Fsp3) is 0. The minimum absolute atomic E-state index is 0.0635. The minimum atomic E-state index is -3.97. The number of hydrogen-bond acceptors (Lipinski definition) is 4. The molecule has 0 amide bonds. The predicted octanol–water partition coefficient (Wildman–Crippen LogP) is 6.04. The van der Waals surface area contributed by atoms with Gasteiger partial charge in [-0.2, -0.15) is 13.7 Å². The van der Waals surface area contributed by atoms with Crippen LogP contribution in [0.3, 0.4) is 0 Å². The van der Waals surface area contributed by atoms with Gasteiger partial charge in [-0.05, 0) is 73.3 Å². The fourth-order valence-electron chi connectivity index (χ4n) is 2.45. The number of rotatable bonds is 5. The van der Waals surface area contributed by atoms with E-state index < -0.39 is 10.1 Å². The Kier molecular flexibility index (Phi) is 6.35. The number of halogens is 2. The number of nitrogens with zero attached hydrogens (tertiary/aromatic N) is 1. The number of benzene rings is 3. The summed E-state index contributed by atoms with van der Waals surface area (Å²) < 4.78 is 31.2. The summed E-state index contributed by atoms with van der Waals surface area (Å²) in [5.74, 6) is 0.138. The van der Waals surface area contributed by atoms with E-state index in [9.17, 15) is 13.7 Å². The van der Waals surface area contributed by atoms with Crippen molar-refractivity contribution in [1.29, 1.82) is 5.26 Å². The first-order valence-corrected chi connectivity index (χ1v) is 11.1. The maximum Gasteiger partial charge on any atom is 0.339 e. The van der Waals surface area contributed by atoms with Gasteiger partial charge in [0.1, 0.15) is 4.90 Å². The summed E-state index contributed by atoms with van der Waals surface area (Å²) in [7, 11) is -3.97. The van der Waals surface area contributed by atoms with Gasteiger partial charge >= 0.3 is 10.1 Å². The highest BCUT2D eigenvalue weighted by Gasteiger charge is 2.20. The van der Waals surface area contributed by atoms with Gasteiger partial charge in [-0.15, -0.1) is 0 Å². The predicted molar refractivity (Wildman–Crippen MR) is 116 cm³/mol. The first-order chi connectivity index (χ1) is 13.4. The molecule has 0 aromatic heterocycles. The summed E-state index contributed by atoms with van der Waals surface area (Å²) in [5.41, 5.74) is 2.00. The van der Waals surface area contributed by atoms with Crippen LogP contribution < -0.4 is 4.18 Å². The molecule has 3 rings (SSSR count). The van der Waals surface area contributed by atoms with Crippen LogP contribution in [0.5, 0.6) is 5.75 Å². The van der Waals surface area contributed by atoms with E-state index in [0.29, 0.717) is 20.1 Å². The van der Waals surface area contributed by atoms with Crippen molar-refractivity contribution < 1.29 is 12.6 Å². The van der Waals surface area contributed by atoms with Crippen LogP contribution in [-0.2, 0) is 10.1 Å². The van der Waals surface area contributed by atoms with Gasteiger partial charge in [0.05, 0.1) is 20.6 Å². The van der Waals surface area contributed by atoms with Crippen LogP contribution in [0.15, 0.2) is 86.6 Å². The lowest BCUT2D eigenvalue weighted by molar-refractivity contribution is 0.483. The Labute approximate surface area is 180 Å². The van der Waals surface area contributed by atoms with E-state index in [1.807, 2.05) is 30.3 Å². The van der Waals surface area contributed by atoms with Crippen molar-refractivity contribution in [2.24, 2.45) is 0 Å². The zero-order valence-electron chi connectivity index (χ0n) is 14.3. The average Bonchev–Trinajstić information content (AvgIpc) is 2.70. The molecule has 0 aliphatic carbocycles. The summed E-state index contributed by atoms with van der Waals surface area (Å²) >= 11 is 6.72. The van der Waals surface area contributed by atoms with E-state index in [1.54, 1.807) is 36.4 Å². The molecule has 3 aromatic rings. The normalized spacial score (nSPS) is 11.7. The van der Waals surface area contributed by atoms with E-state index in [2.05, 4.69) is 37.9 Å². The molecular formula is C21H13Br2NO3S. The second-order valence-corrected chi connectivity index (χ2v) is 8.96. The number of hydrogen-bond donors (Lipinski definition) is 0. The zero-order valence-corrected chi connectivity index (χ0v) is 18.3. The Morgan fingerprint density at radius 1 is 0.929 bits per heavy atom. The molecule has 0 atom stereocenters. The summed E-state index contributed by atoms with van der Waals surface area (Å²) in [6, 6.07) is 22.8. The van der Waals surface area contributed by atoms with Crippen LogP contribution in [0.1, 0.15) is 11.1 Å². The minimum Gasteiger partial charge on any atom is -0.377 e. The Morgan fingerprint density at radius 2 is 1.46 bits per heavy atom.